The Balaban J connectivity index is 2.51. The molecule has 1 aromatic heterocycles. The summed E-state index contributed by atoms with van der Waals surface area (Å²) in [5.74, 6) is 0.909. The van der Waals surface area contributed by atoms with Crippen molar-refractivity contribution < 1.29 is 0 Å². The van der Waals surface area contributed by atoms with Crippen LogP contribution >= 0.6 is 11.8 Å². The lowest BCUT2D eigenvalue weighted by Crippen LogP contribution is -1.93. The Morgan fingerprint density at radius 2 is 2.55 bits per heavy atom. The van der Waals surface area contributed by atoms with E-state index in [0.29, 0.717) is 0 Å². The zero-order valence-corrected chi connectivity index (χ0v) is 7.56. The fraction of sp³-hybridized carbons (Fsp3) is 0.429. The molecule has 0 N–H and O–H groups in total. The Morgan fingerprint density at radius 1 is 1.82 bits per heavy atom. The highest BCUT2D eigenvalue weighted by atomic mass is 32.2. The molecule has 0 aromatic carbocycles. The molecule has 0 spiro atoms. The summed E-state index contributed by atoms with van der Waals surface area (Å²) in [5, 5.41) is 4.89. The summed E-state index contributed by atoms with van der Waals surface area (Å²) < 4.78 is 1.76. The molecular formula is C7H11N3S. The number of hydrogen-bond acceptors (Lipinski definition) is 3. The summed E-state index contributed by atoms with van der Waals surface area (Å²) in [4.78, 5) is 4.06. The molecule has 0 aliphatic heterocycles. The van der Waals surface area contributed by atoms with Gasteiger partial charge in [-0.3, -0.25) is 0 Å². The largest absolute Gasteiger partial charge is 0.244 e. The standard InChI is InChI=1S/C7H11N3S/c1-6(2)4-11-7-8-5-9-10(7)3/h5H,1,4H2,2-3H3. The van der Waals surface area contributed by atoms with Gasteiger partial charge >= 0.3 is 0 Å². The Kier molecular flexibility index (Phi) is 2.70. The molecule has 0 bridgehead atoms. The van der Waals surface area contributed by atoms with Crippen LogP contribution in [0.1, 0.15) is 6.92 Å². The SMILES string of the molecule is C=C(C)CSc1ncnn1C. The van der Waals surface area contributed by atoms with E-state index in [1.54, 1.807) is 22.8 Å². The van der Waals surface area contributed by atoms with Gasteiger partial charge in [-0.2, -0.15) is 5.10 Å². The summed E-state index contributed by atoms with van der Waals surface area (Å²) in [5.41, 5.74) is 1.15. The molecule has 11 heavy (non-hydrogen) atoms. The van der Waals surface area contributed by atoms with Crippen LogP contribution in [0.2, 0.25) is 0 Å². The van der Waals surface area contributed by atoms with Crippen LogP contribution < -0.4 is 0 Å². The van der Waals surface area contributed by atoms with Crippen LogP contribution in [-0.2, 0) is 7.05 Å². The Bertz CT molecular complexity index is 254. The van der Waals surface area contributed by atoms with Crippen molar-refractivity contribution in [1.82, 2.24) is 14.8 Å². The zero-order valence-electron chi connectivity index (χ0n) is 6.74. The van der Waals surface area contributed by atoms with Crippen LogP contribution in [0, 0.1) is 0 Å². The molecule has 1 heterocycles. The van der Waals surface area contributed by atoms with Gasteiger partial charge in [0.15, 0.2) is 5.16 Å². The molecular weight excluding hydrogens is 158 g/mol. The van der Waals surface area contributed by atoms with Gasteiger partial charge in [-0.15, -0.1) is 0 Å². The van der Waals surface area contributed by atoms with Crippen LogP contribution in [0.25, 0.3) is 0 Å². The van der Waals surface area contributed by atoms with Gasteiger partial charge in [0.1, 0.15) is 6.33 Å². The second kappa shape index (κ2) is 3.57. The molecule has 0 aliphatic carbocycles. The highest BCUT2D eigenvalue weighted by molar-refractivity contribution is 7.99. The highest BCUT2D eigenvalue weighted by Crippen LogP contribution is 2.15. The van der Waals surface area contributed by atoms with E-state index in [9.17, 15) is 0 Å². The minimum absolute atomic E-state index is 0.909. The lowest BCUT2D eigenvalue weighted by molar-refractivity contribution is 0.685. The first-order chi connectivity index (χ1) is 5.20. The van der Waals surface area contributed by atoms with Crippen LogP contribution in [0.4, 0.5) is 0 Å². The van der Waals surface area contributed by atoms with Crippen molar-refractivity contribution in [2.24, 2.45) is 7.05 Å². The minimum atomic E-state index is 0.909. The predicted molar refractivity (Wildman–Crippen MR) is 46.5 cm³/mol. The van der Waals surface area contributed by atoms with Crippen molar-refractivity contribution in [2.75, 3.05) is 5.75 Å². The monoisotopic (exact) mass is 169 g/mol. The van der Waals surface area contributed by atoms with Crippen LogP contribution in [0.3, 0.4) is 0 Å². The fourth-order valence-electron chi connectivity index (χ4n) is 0.604. The van der Waals surface area contributed by atoms with Gasteiger partial charge in [0.2, 0.25) is 0 Å². The highest BCUT2D eigenvalue weighted by Gasteiger charge is 1.99. The molecule has 1 aromatic rings. The molecule has 0 fully saturated rings. The predicted octanol–water partition coefficient (Wildman–Crippen LogP) is 1.48. The number of aromatic nitrogens is 3. The molecule has 0 saturated heterocycles. The lowest BCUT2D eigenvalue weighted by atomic mass is 10.4. The average molecular weight is 169 g/mol. The van der Waals surface area contributed by atoms with E-state index in [1.807, 2.05) is 14.0 Å². The normalized spacial score (nSPS) is 10.0. The Morgan fingerprint density at radius 3 is 3.00 bits per heavy atom. The minimum Gasteiger partial charge on any atom is -0.244 e. The lowest BCUT2D eigenvalue weighted by Gasteiger charge is -1.97. The van der Waals surface area contributed by atoms with Gasteiger partial charge in [0, 0.05) is 12.8 Å². The van der Waals surface area contributed by atoms with Crippen molar-refractivity contribution in [2.45, 2.75) is 12.1 Å². The first kappa shape index (κ1) is 8.33. The number of thioether (sulfide) groups is 1. The average Bonchev–Trinajstić information content (AvgIpc) is 2.31. The van der Waals surface area contributed by atoms with Gasteiger partial charge in [0.25, 0.3) is 0 Å². The van der Waals surface area contributed by atoms with E-state index in [2.05, 4.69) is 16.7 Å². The number of aryl methyl sites for hydroxylation is 1. The van der Waals surface area contributed by atoms with E-state index in [1.165, 1.54) is 0 Å². The molecule has 0 saturated carbocycles. The third kappa shape index (κ3) is 2.38. The molecule has 4 heteroatoms. The summed E-state index contributed by atoms with van der Waals surface area (Å²) in [6, 6.07) is 0. The summed E-state index contributed by atoms with van der Waals surface area (Å²) >= 11 is 1.65. The number of nitrogens with zero attached hydrogens (tertiary/aromatic N) is 3. The molecule has 0 atom stereocenters. The van der Waals surface area contributed by atoms with Crippen LogP contribution in [0.15, 0.2) is 23.6 Å². The van der Waals surface area contributed by atoms with Crippen molar-refractivity contribution in [1.29, 1.82) is 0 Å². The molecule has 0 unspecified atom stereocenters. The van der Waals surface area contributed by atoms with Crippen molar-refractivity contribution in [3.05, 3.63) is 18.5 Å². The summed E-state index contributed by atoms with van der Waals surface area (Å²) in [6.07, 6.45) is 1.56. The van der Waals surface area contributed by atoms with Crippen molar-refractivity contribution >= 4 is 11.8 Å². The van der Waals surface area contributed by atoms with Gasteiger partial charge in [-0.25, -0.2) is 9.67 Å². The van der Waals surface area contributed by atoms with E-state index < -0.39 is 0 Å². The number of rotatable bonds is 3. The van der Waals surface area contributed by atoms with Gasteiger partial charge in [0.05, 0.1) is 0 Å². The van der Waals surface area contributed by atoms with Gasteiger partial charge in [-0.05, 0) is 6.92 Å². The summed E-state index contributed by atoms with van der Waals surface area (Å²) in [7, 11) is 1.88. The van der Waals surface area contributed by atoms with Gasteiger partial charge < -0.3 is 0 Å². The van der Waals surface area contributed by atoms with E-state index in [4.69, 9.17) is 0 Å². The maximum atomic E-state index is 4.06. The molecule has 0 amide bonds. The van der Waals surface area contributed by atoms with Gasteiger partial charge in [-0.1, -0.05) is 23.9 Å². The Hall–Kier alpha value is -0.770. The van der Waals surface area contributed by atoms with E-state index >= 15 is 0 Å². The Labute approximate surface area is 70.5 Å². The smallest absolute Gasteiger partial charge is 0.186 e. The second-order valence-corrected chi connectivity index (χ2v) is 3.35. The second-order valence-electron chi connectivity index (χ2n) is 2.41. The molecule has 1 rings (SSSR count). The van der Waals surface area contributed by atoms with Crippen LogP contribution in [0.5, 0.6) is 0 Å². The van der Waals surface area contributed by atoms with Crippen molar-refractivity contribution in [3.63, 3.8) is 0 Å². The molecule has 0 aliphatic rings. The van der Waals surface area contributed by atoms with Crippen molar-refractivity contribution in [3.8, 4) is 0 Å². The molecule has 60 valence electrons. The van der Waals surface area contributed by atoms with E-state index in [-0.39, 0.29) is 0 Å². The molecule has 3 nitrogen and oxygen atoms in total. The first-order valence-corrected chi connectivity index (χ1v) is 4.30. The third-order valence-electron chi connectivity index (χ3n) is 1.12. The summed E-state index contributed by atoms with van der Waals surface area (Å²) in [6.45, 7) is 5.81. The third-order valence-corrected chi connectivity index (χ3v) is 2.38. The van der Waals surface area contributed by atoms with Crippen LogP contribution in [-0.4, -0.2) is 20.5 Å². The topological polar surface area (TPSA) is 30.7 Å². The van der Waals surface area contributed by atoms with E-state index in [0.717, 1.165) is 16.5 Å². The number of hydrogen-bond donors (Lipinski definition) is 0. The molecule has 0 radical (unpaired) electrons. The maximum absolute atomic E-state index is 4.06. The quantitative estimate of drug-likeness (QED) is 0.507. The first-order valence-electron chi connectivity index (χ1n) is 3.31. The zero-order chi connectivity index (χ0) is 8.27. The fourth-order valence-corrected chi connectivity index (χ4v) is 1.34. The maximum Gasteiger partial charge on any atom is 0.186 e.